The SMILES string of the molecule is Cc1cccc(-c2c(N)noc2CCC2CCCCO2)c1. The van der Waals surface area contributed by atoms with Crippen LogP contribution in [0, 0.1) is 6.92 Å². The highest BCUT2D eigenvalue weighted by atomic mass is 16.5. The normalized spacial score (nSPS) is 18.8. The molecule has 2 aromatic rings. The predicted molar refractivity (Wildman–Crippen MR) is 83.0 cm³/mol. The summed E-state index contributed by atoms with van der Waals surface area (Å²) in [5.74, 6) is 1.34. The molecular formula is C17H22N2O2. The number of aryl methyl sites for hydroxylation is 2. The Bertz CT molecular complexity index is 601. The van der Waals surface area contributed by atoms with E-state index in [2.05, 4.69) is 30.3 Å². The Morgan fingerprint density at radius 3 is 3.00 bits per heavy atom. The smallest absolute Gasteiger partial charge is 0.175 e. The van der Waals surface area contributed by atoms with Crippen molar-refractivity contribution in [3.05, 3.63) is 35.6 Å². The molecule has 1 atom stereocenters. The van der Waals surface area contributed by atoms with Crippen LogP contribution in [0.5, 0.6) is 0 Å². The molecule has 1 aliphatic rings. The summed E-state index contributed by atoms with van der Waals surface area (Å²) in [6.07, 6.45) is 5.71. The van der Waals surface area contributed by atoms with Crippen LogP contribution in [-0.4, -0.2) is 17.9 Å². The molecule has 0 aliphatic carbocycles. The predicted octanol–water partition coefficient (Wildman–Crippen LogP) is 3.73. The fraction of sp³-hybridized carbons (Fsp3) is 0.471. The van der Waals surface area contributed by atoms with E-state index in [4.69, 9.17) is 15.0 Å². The van der Waals surface area contributed by atoms with E-state index in [0.29, 0.717) is 11.9 Å². The van der Waals surface area contributed by atoms with Crippen LogP contribution in [0.4, 0.5) is 5.82 Å². The highest BCUT2D eigenvalue weighted by Crippen LogP contribution is 2.31. The van der Waals surface area contributed by atoms with Crippen molar-refractivity contribution in [1.29, 1.82) is 0 Å². The van der Waals surface area contributed by atoms with E-state index >= 15 is 0 Å². The second-order valence-electron chi connectivity index (χ2n) is 5.76. The summed E-state index contributed by atoms with van der Waals surface area (Å²) in [5, 5.41) is 3.95. The third kappa shape index (κ3) is 3.27. The lowest BCUT2D eigenvalue weighted by Crippen LogP contribution is -2.19. The summed E-state index contributed by atoms with van der Waals surface area (Å²) in [4.78, 5) is 0. The quantitative estimate of drug-likeness (QED) is 0.930. The fourth-order valence-corrected chi connectivity index (χ4v) is 2.95. The van der Waals surface area contributed by atoms with Crippen LogP contribution in [-0.2, 0) is 11.2 Å². The molecule has 2 N–H and O–H groups in total. The van der Waals surface area contributed by atoms with Gasteiger partial charge in [-0.25, -0.2) is 0 Å². The van der Waals surface area contributed by atoms with Gasteiger partial charge in [0, 0.05) is 13.0 Å². The van der Waals surface area contributed by atoms with E-state index < -0.39 is 0 Å². The lowest BCUT2D eigenvalue weighted by Gasteiger charge is -2.22. The molecule has 3 rings (SSSR count). The summed E-state index contributed by atoms with van der Waals surface area (Å²) in [5.41, 5.74) is 9.22. The Morgan fingerprint density at radius 2 is 2.24 bits per heavy atom. The number of anilines is 1. The summed E-state index contributed by atoms with van der Waals surface area (Å²) in [6.45, 7) is 2.96. The van der Waals surface area contributed by atoms with Crippen molar-refractivity contribution in [3.63, 3.8) is 0 Å². The number of nitrogens with zero attached hydrogens (tertiary/aromatic N) is 1. The molecule has 21 heavy (non-hydrogen) atoms. The van der Waals surface area contributed by atoms with E-state index in [0.717, 1.165) is 42.8 Å². The highest BCUT2D eigenvalue weighted by molar-refractivity contribution is 5.75. The Labute approximate surface area is 125 Å². The standard InChI is InChI=1S/C17H22N2O2/c1-12-5-4-6-13(11-12)16-15(21-19-17(16)18)9-8-14-7-2-3-10-20-14/h4-6,11,14H,2-3,7-10H2,1H3,(H2,18,19). The Morgan fingerprint density at radius 1 is 1.33 bits per heavy atom. The van der Waals surface area contributed by atoms with Gasteiger partial charge in [-0.2, -0.15) is 0 Å². The number of nitrogens with two attached hydrogens (primary N) is 1. The fourth-order valence-electron chi connectivity index (χ4n) is 2.95. The first-order valence-electron chi connectivity index (χ1n) is 7.66. The van der Waals surface area contributed by atoms with Crippen LogP contribution in [0.3, 0.4) is 0 Å². The Kier molecular flexibility index (Phi) is 4.25. The zero-order chi connectivity index (χ0) is 14.7. The van der Waals surface area contributed by atoms with Crippen molar-refractivity contribution in [1.82, 2.24) is 5.16 Å². The lowest BCUT2D eigenvalue weighted by molar-refractivity contribution is 0.0106. The highest BCUT2D eigenvalue weighted by Gasteiger charge is 2.19. The van der Waals surface area contributed by atoms with Gasteiger partial charge in [0.1, 0.15) is 5.76 Å². The van der Waals surface area contributed by atoms with Gasteiger partial charge in [-0.15, -0.1) is 0 Å². The van der Waals surface area contributed by atoms with Gasteiger partial charge >= 0.3 is 0 Å². The third-order valence-electron chi connectivity index (χ3n) is 4.06. The second-order valence-corrected chi connectivity index (χ2v) is 5.76. The van der Waals surface area contributed by atoms with E-state index in [-0.39, 0.29) is 0 Å². The van der Waals surface area contributed by atoms with Crippen LogP contribution in [0.1, 0.15) is 37.0 Å². The molecule has 0 radical (unpaired) electrons. The van der Waals surface area contributed by atoms with Crippen molar-refractivity contribution in [3.8, 4) is 11.1 Å². The van der Waals surface area contributed by atoms with Gasteiger partial charge in [-0.3, -0.25) is 0 Å². The average Bonchev–Trinajstić information content (AvgIpc) is 2.87. The molecule has 1 aromatic heterocycles. The van der Waals surface area contributed by atoms with Crippen LogP contribution in [0.25, 0.3) is 11.1 Å². The van der Waals surface area contributed by atoms with Crippen molar-refractivity contribution in [2.45, 2.75) is 45.1 Å². The number of nitrogen functional groups attached to an aromatic ring is 1. The molecule has 1 aromatic carbocycles. The van der Waals surface area contributed by atoms with Gasteiger partial charge in [0.05, 0.1) is 11.7 Å². The second kappa shape index (κ2) is 6.31. The molecule has 0 spiro atoms. The first-order chi connectivity index (χ1) is 10.2. The first kappa shape index (κ1) is 14.1. The molecule has 0 amide bonds. The maximum Gasteiger partial charge on any atom is 0.175 e. The van der Waals surface area contributed by atoms with Gasteiger partial charge in [-0.1, -0.05) is 35.0 Å². The molecule has 1 fully saturated rings. The minimum atomic E-state index is 0.343. The Balaban J connectivity index is 1.77. The van der Waals surface area contributed by atoms with Crippen LogP contribution < -0.4 is 5.73 Å². The maximum atomic E-state index is 6.00. The molecule has 2 heterocycles. The largest absolute Gasteiger partial charge is 0.380 e. The number of hydrogen-bond donors (Lipinski definition) is 1. The van der Waals surface area contributed by atoms with Gasteiger partial charge in [0.25, 0.3) is 0 Å². The van der Waals surface area contributed by atoms with Crippen LogP contribution in [0.15, 0.2) is 28.8 Å². The van der Waals surface area contributed by atoms with Crippen LogP contribution in [0.2, 0.25) is 0 Å². The van der Waals surface area contributed by atoms with Crippen molar-refractivity contribution >= 4 is 5.82 Å². The minimum Gasteiger partial charge on any atom is -0.380 e. The van der Waals surface area contributed by atoms with Crippen molar-refractivity contribution in [2.75, 3.05) is 12.3 Å². The lowest BCUT2D eigenvalue weighted by atomic mass is 9.99. The molecule has 4 nitrogen and oxygen atoms in total. The van der Waals surface area contributed by atoms with Crippen molar-refractivity contribution < 1.29 is 9.26 Å². The number of benzene rings is 1. The van der Waals surface area contributed by atoms with E-state index in [1.165, 1.54) is 18.4 Å². The summed E-state index contributed by atoms with van der Waals surface area (Å²) in [7, 11) is 0. The Hall–Kier alpha value is -1.81. The summed E-state index contributed by atoms with van der Waals surface area (Å²) in [6, 6.07) is 8.27. The minimum absolute atomic E-state index is 0.343. The monoisotopic (exact) mass is 286 g/mol. The summed E-state index contributed by atoms with van der Waals surface area (Å²) >= 11 is 0. The zero-order valence-electron chi connectivity index (χ0n) is 12.5. The number of rotatable bonds is 4. The van der Waals surface area contributed by atoms with Gasteiger partial charge < -0.3 is 15.0 Å². The molecular weight excluding hydrogens is 264 g/mol. The third-order valence-corrected chi connectivity index (χ3v) is 4.06. The molecule has 1 saturated heterocycles. The number of aromatic nitrogens is 1. The number of hydrogen-bond acceptors (Lipinski definition) is 4. The molecule has 0 saturated carbocycles. The average molecular weight is 286 g/mol. The first-order valence-corrected chi connectivity index (χ1v) is 7.66. The molecule has 112 valence electrons. The van der Waals surface area contributed by atoms with E-state index in [1.54, 1.807) is 0 Å². The van der Waals surface area contributed by atoms with E-state index in [9.17, 15) is 0 Å². The molecule has 0 bridgehead atoms. The maximum absolute atomic E-state index is 6.00. The van der Waals surface area contributed by atoms with Crippen LogP contribution >= 0.6 is 0 Å². The summed E-state index contributed by atoms with van der Waals surface area (Å²) < 4.78 is 11.2. The molecule has 4 heteroatoms. The van der Waals surface area contributed by atoms with Crippen molar-refractivity contribution in [2.24, 2.45) is 0 Å². The van der Waals surface area contributed by atoms with Gasteiger partial charge in [-0.05, 0) is 38.2 Å². The molecule has 1 aliphatic heterocycles. The van der Waals surface area contributed by atoms with Gasteiger partial charge in [0.15, 0.2) is 5.82 Å². The number of ether oxygens (including phenoxy) is 1. The topological polar surface area (TPSA) is 61.3 Å². The van der Waals surface area contributed by atoms with E-state index in [1.807, 2.05) is 6.07 Å². The zero-order valence-corrected chi connectivity index (χ0v) is 12.5. The molecule has 1 unspecified atom stereocenters. The van der Waals surface area contributed by atoms with Gasteiger partial charge in [0.2, 0.25) is 0 Å².